The molecule has 106 valence electrons. The first-order valence-electron chi connectivity index (χ1n) is 6.39. The van der Waals surface area contributed by atoms with E-state index in [1.807, 2.05) is 31.2 Å². The first-order valence-corrected chi connectivity index (χ1v) is 6.76. The van der Waals surface area contributed by atoms with Crippen LogP contribution in [0.4, 0.5) is 0 Å². The van der Waals surface area contributed by atoms with E-state index in [4.69, 9.17) is 11.6 Å². The van der Waals surface area contributed by atoms with Crippen molar-refractivity contribution in [2.75, 3.05) is 0 Å². The minimum Gasteiger partial charge on any atom is -0.507 e. The second-order valence-electron chi connectivity index (χ2n) is 4.83. The number of aromatic hydroxyl groups is 2. The van der Waals surface area contributed by atoms with Gasteiger partial charge in [0.05, 0.1) is 5.02 Å². The fourth-order valence-corrected chi connectivity index (χ4v) is 2.35. The quantitative estimate of drug-likeness (QED) is 0.667. The second kappa shape index (κ2) is 5.14. The maximum absolute atomic E-state index is 10.0. The predicted molar refractivity (Wildman–Crippen MR) is 82.5 cm³/mol. The van der Waals surface area contributed by atoms with E-state index in [1.54, 1.807) is 6.20 Å². The third-order valence-electron chi connectivity index (χ3n) is 3.32. The lowest BCUT2D eigenvalue weighted by molar-refractivity contribution is 0.452. The van der Waals surface area contributed by atoms with Crippen LogP contribution in [0.5, 0.6) is 11.5 Å². The largest absolute Gasteiger partial charge is 0.507 e. The SMILES string of the molecule is Cc1ccc(-c2c[nH]nc2-c2cc(Cl)c(O)cc2O)cc1. The molecule has 0 atom stereocenters. The van der Waals surface area contributed by atoms with E-state index in [-0.39, 0.29) is 16.5 Å². The summed E-state index contributed by atoms with van der Waals surface area (Å²) in [6.45, 7) is 2.02. The van der Waals surface area contributed by atoms with Crippen LogP contribution in [0.2, 0.25) is 5.02 Å². The van der Waals surface area contributed by atoms with Crippen LogP contribution in [0.25, 0.3) is 22.4 Å². The van der Waals surface area contributed by atoms with Gasteiger partial charge in [0, 0.05) is 23.4 Å². The molecule has 3 aromatic rings. The highest BCUT2D eigenvalue weighted by Gasteiger charge is 2.16. The van der Waals surface area contributed by atoms with E-state index in [2.05, 4.69) is 10.2 Å². The van der Waals surface area contributed by atoms with Gasteiger partial charge in [-0.05, 0) is 18.6 Å². The topological polar surface area (TPSA) is 69.1 Å². The highest BCUT2D eigenvalue weighted by atomic mass is 35.5. The van der Waals surface area contributed by atoms with Crippen LogP contribution in [0.3, 0.4) is 0 Å². The van der Waals surface area contributed by atoms with Gasteiger partial charge in [-0.15, -0.1) is 0 Å². The van der Waals surface area contributed by atoms with Crippen molar-refractivity contribution in [3.63, 3.8) is 0 Å². The van der Waals surface area contributed by atoms with Crippen LogP contribution in [0.15, 0.2) is 42.6 Å². The molecule has 0 saturated heterocycles. The van der Waals surface area contributed by atoms with Crippen LogP contribution >= 0.6 is 11.6 Å². The van der Waals surface area contributed by atoms with Crippen LogP contribution in [0, 0.1) is 6.92 Å². The fraction of sp³-hybridized carbons (Fsp3) is 0.0625. The summed E-state index contributed by atoms with van der Waals surface area (Å²) in [5.74, 6) is -0.234. The molecule has 0 aliphatic rings. The minimum atomic E-state index is -0.162. The average molecular weight is 301 g/mol. The van der Waals surface area contributed by atoms with E-state index < -0.39 is 0 Å². The van der Waals surface area contributed by atoms with Crippen molar-refractivity contribution in [2.24, 2.45) is 0 Å². The molecular formula is C16H13ClN2O2. The zero-order chi connectivity index (χ0) is 15.0. The summed E-state index contributed by atoms with van der Waals surface area (Å²) in [6.07, 6.45) is 1.76. The first kappa shape index (κ1) is 13.5. The Morgan fingerprint density at radius 3 is 2.43 bits per heavy atom. The molecule has 21 heavy (non-hydrogen) atoms. The molecule has 0 saturated carbocycles. The molecule has 0 fully saturated rings. The van der Waals surface area contributed by atoms with Crippen LogP contribution in [-0.4, -0.2) is 20.4 Å². The van der Waals surface area contributed by atoms with Crippen molar-refractivity contribution in [3.8, 4) is 33.9 Å². The van der Waals surface area contributed by atoms with Crippen molar-refractivity contribution < 1.29 is 10.2 Å². The summed E-state index contributed by atoms with van der Waals surface area (Å²) >= 11 is 5.92. The summed E-state index contributed by atoms with van der Waals surface area (Å²) in [4.78, 5) is 0. The Balaban J connectivity index is 2.15. The molecule has 4 nitrogen and oxygen atoms in total. The van der Waals surface area contributed by atoms with Gasteiger partial charge < -0.3 is 10.2 Å². The number of nitrogens with zero attached hydrogens (tertiary/aromatic N) is 1. The third-order valence-corrected chi connectivity index (χ3v) is 3.63. The molecular weight excluding hydrogens is 288 g/mol. The number of aromatic amines is 1. The van der Waals surface area contributed by atoms with Crippen molar-refractivity contribution in [1.82, 2.24) is 10.2 Å². The average Bonchev–Trinajstić information content (AvgIpc) is 2.93. The van der Waals surface area contributed by atoms with E-state index in [9.17, 15) is 10.2 Å². The third kappa shape index (κ3) is 2.45. The molecule has 1 heterocycles. The maximum atomic E-state index is 10.0. The van der Waals surface area contributed by atoms with Gasteiger partial charge in [0.2, 0.25) is 0 Å². The number of hydrogen-bond donors (Lipinski definition) is 3. The lowest BCUT2D eigenvalue weighted by Gasteiger charge is -2.07. The van der Waals surface area contributed by atoms with Gasteiger partial charge in [-0.2, -0.15) is 5.10 Å². The number of aromatic nitrogens is 2. The van der Waals surface area contributed by atoms with Crippen LogP contribution < -0.4 is 0 Å². The normalized spacial score (nSPS) is 10.8. The Morgan fingerprint density at radius 2 is 1.71 bits per heavy atom. The van der Waals surface area contributed by atoms with Crippen molar-refractivity contribution in [2.45, 2.75) is 6.92 Å². The molecule has 0 radical (unpaired) electrons. The Kier molecular flexibility index (Phi) is 3.31. The van der Waals surface area contributed by atoms with Gasteiger partial charge in [0.15, 0.2) is 0 Å². The molecule has 0 aliphatic heterocycles. The number of phenolic OH excluding ortho intramolecular Hbond substituents is 2. The van der Waals surface area contributed by atoms with Gasteiger partial charge >= 0.3 is 0 Å². The maximum Gasteiger partial charge on any atom is 0.137 e. The molecule has 0 aliphatic carbocycles. The van der Waals surface area contributed by atoms with Crippen LogP contribution in [0.1, 0.15) is 5.56 Å². The summed E-state index contributed by atoms with van der Waals surface area (Å²) in [7, 11) is 0. The molecule has 3 N–H and O–H groups in total. The first-order chi connectivity index (χ1) is 10.1. The van der Waals surface area contributed by atoms with Gasteiger partial charge in [-0.25, -0.2) is 0 Å². The van der Waals surface area contributed by atoms with Crippen molar-refractivity contribution in [1.29, 1.82) is 0 Å². The smallest absolute Gasteiger partial charge is 0.137 e. The minimum absolute atomic E-state index is 0.0719. The van der Waals surface area contributed by atoms with E-state index in [0.717, 1.165) is 11.1 Å². The number of hydrogen-bond acceptors (Lipinski definition) is 3. The van der Waals surface area contributed by atoms with Crippen molar-refractivity contribution in [3.05, 3.63) is 53.2 Å². The van der Waals surface area contributed by atoms with E-state index in [0.29, 0.717) is 11.3 Å². The molecule has 0 spiro atoms. The highest BCUT2D eigenvalue weighted by molar-refractivity contribution is 6.32. The molecule has 1 aromatic heterocycles. The second-order valence-corrected chi connectivity index (χ2v) is 5.24. The van der Waals surface area contributed by atoms with Gasteiger partial charge in [0.25, 0.3) is 0 Å². The Hall–Kier alpha value is -2.46. The Morgan fingerprint density at radius 1 is 1.00 bits per heavy atom. The highest BCUT2D eigenvalue weighted by Crippen LogP contribution is 2.40. The Labute approximate surface area is 126 Å². The number of aryl methyl sites for hydroxylation is 1. The lowest BCUT2D eigenvalue weighted by Crippen LogP contribution is -1.85. The molecule has 0 bridgehead atoms. The monoisotopic (exact) mass is 300 g/mol. The molecule has 0 unspecified atom stereocenters. The Bertz CT molecular complexity index is 795. The lowest BCUT2D eigenvalue weighted by atomic mass is 10.0. The van der Waals surface area contributed by atoms with Crippen LogP contribution in [-0.2, 0) is 0 Å². The summed E-state index contributed by atoms with van der Waals surface area (Å²) in [5, 5.41) is 26.7. The summed E-state index contributed by atoms with van der Waals surface area (Å²) in [5.41, 5.74) is 4.05. The summed E-state index contributed by atoms with van der Waals surface area (Å²) < 4.78 is 0. The number of nitrogens with one attached hydrogen (secondary N) is 1. The zero-order valence-electron chi connectivity index (χ0n) is 11.3. The van der Waals surface area contributed by atoms with E-state index >= 15 is 0 Å². The predicted octanol–water partition coefficient (Wildman–Crippen LogP) is 4.12. The number of halogens is 1. The van der Waals surface area contributed by atoms with Gasteiger partial charge in [-0.3, -0.25) is 5.10 Å². The number of benzene rings is 2. The fourth-order valence-electron chi connectivity index (χ4n) is 2.19. The van der Waals surface area contributed by atoms with Gasteiger partial charge in [0.1, 0.15) is 17.2 Å². The molecule has 2 aromatic carbocycles. The standard InChI is InChI=1S/C16H13ClN2O2/c1-9-2-4-10(5-3-9)12-8-18-19-16(12)11-6-13(17)15(21)7-14(11)20/h2-8,20-21H,1H3,(H,18,19). The molecule has 5 heteroatoms. The molecule has 3 rings (SSSR count). The van der Waals surface area contributed by atoms with Crippen molar-refractivity contribution >= 4 is 11.6 Å². The van der Waals surface area contributed by atoms with Gasteiger partial charge in [-0.1, -0.05) is 41.4 Å². The zero-order valence-corrected chi connectivity index (χ0v) is 12.0. The number of phenols is 2. The summed E-state index contributed by atoms with van der Waals surface area (Å²) in [6, 6.07) is 10.7. The number of rotatable bonds is 2. The van der Waals surface area contributed by atoms with E-state index in [1.165, 1.54) is 17.7 Å². The molecule has 0 amide bonds. The number of H-pyrrole nitrogens is 1.